The van der Waals surface area contributed by atoms with E-state index in [2.05, 4.69) is 26.3 Å². The van der Waals surface area contributed by atoms with Gasteiger partial charge >= 0.3 is 0 Å². The van der Waals surface area contributed by atoms with Gasteiger partial charge in [0, 0.05) is 26.2 Å². The minimum Gasteiger partial charge on any atom is -0.361 e. The number of nitrogens with zero attached hydrogens (tertiary/aromatic N) is 5. The highest BCUT2D eigenvalue weighted by molar-refractivity contribution is 5.96. The number of carbonyl (C=O) groups excluding carboxylic acids is 1. The van der Waals surface area contributed by atoms with E-state index in [0.29, 0.717) is 30.1 Å². The first-order valence-electron chi connectivity index (χ1n) is 8.96. The van der Waals surface area contributed by atoms with Crippen LogP contribution in [0.3, 0.4) is 0 Å². The standard InChI is InChI=1S/C18H23N5O2/c1-12-17(13(2)25-21-12)18(24)23-9-7-22(8-10-23)16-11-14-5-3-4-6-15(14)19-20-16/h11H,3-10H2,1-2H3. The molecule has 1 aliphatic heterocycles. The second-order valence-corrected chi connectivity index (χ2v) is 6.86. The van der Waals surface area contributed by atoms with Gasteiger partial charge in [0.25, 0.3) is 5.91 Å². The molecule has 1 saturated heterocycles. The average Bonchev–Trinajstić information content (AvgIpc) is 2.99. The summed E-state index contributed by atoms with van der Waals surface area (Å²) in [6.07, 6.45) is 4.59. The molecule has 0 bridgehead atoms. The first-order valence-corrected chi connectivity index (χ1v) is 8.96. The summed E-state index contributed by atoms with van der Waals surface area (Å²) in [6, 6.07) is 2.19. The number of carbonyl (C=O) groups is 1. The third kappa shape index (κ3) is 2.99. The van der Waals surface area contributed by atoms with E-state index in [9.17, 15) is 4.79 Å². The molecule has 0 spiro atoms. The van der Waals surface area contributed by atoms with Crippen molar-refractivity contribution in [1.82, 2.24) is 20.3 Å². The number of fused-ring (bicyclic) bond motifs is 1. The second kappa shape index (κ2) is 6.46. The van der Waals surface area contributed by atoms with Gasteiger partial charge in [0.05, 0.1) is 11.4 Å². The third-order valence-corrected chi connectivity index (χ3v) is 5.19. The van der Waals surface area contributed by atoms with Gasteiger partial charge in [0.15, 0.2) is 5.82 Å². The Kier molecular flexibility index (Phi) is 4.15. The SMILES string of the molecule is Cc1noc(C)c1C(=O)N1CCN(c2cc3c(nn2)CCCC3)CC1. The number of hydrogen-bond acceptors (Lipinski definition) is 6. The van der Waals surface area contributed by atoms with Gasteiger partial charge in [-0.1, -0.05) is 5.16 Å². The summed E-state index contributed by atoms with van der Waals surface area (Å²) < 4.78 is 5.12. The second-order valence-electron chi connectivity index (χ2n) is 6.86. The molecule has 0 saturated carbocycles. The minimum atomic E-state index is 0.00688. The number of hydrogen-bond donors (Lipinski definition) is 0. The normalized spacial score (nSPS) is 17.5. The predicted molar refractivity (Wildman–Crippen MR) is 92.8 cm³/mol. The molecule has 0 atom stereocenters. The quantitative estimate of drug-likeness (QED) is 0.831. The van der Waals surface area contributed by atoms with Crippen LogP contribution < -0.4 is 4.90 Å². The predicted octanol–water partition coefficient (Wildman–Crippen LogP) is 1.92. The van der Waals surface area contributed by atoms with Crippen LogP contribution in [-0.4, -0.2) is 52.3 Å². The summed E-state index contributed by atoms with van der Waals surface area (Å²) in [5.41, 5.74) is 3.75. The van der Waals surface area contributed by atoms with Crippen molar-refractivity contribution in [1.29, 1.82) is 0 Å². The maximum atomic E-state index is 12.7. The zero-order valence-corrected chi connectivity index (χ0v) is 14.8. The summed E-state index contributed by atoms with van der Waals surface area (Å²) in [5, 5.41) is 12.7. The first kappa shape index (κ1) is 16.1. The number of amides is 1. The fourth-order valence-corrected chi connectivity index (χ4v) is 3.72. The van der Waals surface area contributed by atoms with Crippen LogP contribution in [0, 0.1) is 13.8 Å². The zero-order chi connectivity index (χ0) is 17.4. The molecule has 0 N–H and O–H groups in total. The first-order chi connectivity index (χ1) is 12.1. The van der Waals surface area contributed by atoms with Crippen LogP contribution in [0.1, 0.15) is 45.9 Å². The van der Waals surface area contributed by atoms with E-state index >= 15 is 0 Å². The molecular formula is C18H23N5O2. The molecule has 0 unspecified atom stereocenters. The van der Waals surface area contributed by atoms with Crippen LogP contribution in [0.25, 0.3) is 0 Å². The Morgan fingerprint density at radius 2 is 1.84 bits per heavy atom. The molecule has 2 aromatic heterocycles. The van der Waals surface area contributed by atoms with Crippen molar-refractivity contribution >= 4 is 11.7 Å². The average molecular weight is 341 g/mol. The van der Waals surface area contributed by atoms with Crippen LogP contribution >= 0.6 is 0 Å². The Balaban J connectivity index is 1.44. The Hall–Kier alpha value is -2.44. The van der Waals surface area contributed by atoms with E-state index in [4.69, 9.17) is 4.52 Å². The number of anilines is 1. The fraction of sp³-hybridized carbons (Fsp3) is 0.556. The Morgan fingerprint density at radius 3 is 2.56 bits per heavy atom. The number of rotatable bonds is 2. The van der Waals surface area contributed by atoms with Crippen molar-refractivity contribution in [2.24, 2.45) is 0 Å². The molecule has 4 rings (SSSR count). The summed E-state index contributed by atoms with van der Waals surface area (Å²) in [6.45, 7) is 6.46. The highest BCUT2D eigenvalue weighted by Crippen LogP contribution is 2.23. The monoisotopic (exact) mass is 341 g/mol. The highest BCUT2D eigenvalue weighted by Gasteiger charge is 2.27. The van der Waals surface area contributed by atoms with E-state index in [1.807, 2.05) is 11.8 Å². The van der Waals surface area contributed by atoms with Crippen molar-refractivity contribution in [3.8, 4) is 0 Å². The molecule has 7 heteroatoms. The van der Waals surface area contributed by atoms with Gasteiger partial charge in [-0.15, -0.1) is 5.10 Å². The fourth-order valence-electron chi connectivity index (χ4n) is 3.72. The highest BCUT2D eigenvalue weighted by atomic mass is 16.5. The van der Waals surface area contributed by atoms with Crippen molar-refractivity contribution in [2.45, 2.75) is 39.5 Å². The van der Waals surface area contributed by atoms with Crippen LogP contribution in [0.15, 0.2) is 10.6 Å². The minimum absolute atomic E-state index is 0.00688. The Labute approximate surface area is 147 Å². The van der Waals surface area contributed by atoms with Crippen LogP contribution in [-0.2, 0) is 12.8 Å². The van der Waals surface area contributed by atoms with E-state index in [1.165, 1.54) is 18.4 Å². The van der Waals surface area contributed by atoms with Gasteiger partial charge in [-0.05, 0) is 51.2 Å². The molecular weight excluding hydrogens is 318 g/mol. The molecule has 25 heavy (non-hydrogen) atoms. The summed E-state index contributed by atoms with van der Waals surface area (Å²) in [4.78, 5) is 16.8. The third-order valence-electron chi connectivity index (χ3n) is 5.19. The lowest BCUT2D eigenvalue weighted by Gasteiger charge is -2.35. The van der Waals surface area contributed by atoms with E-state index in [0.717, 1.165) is 37.4 Å². The smallest absolute Gasteiger partial charge is 0.259 e. The van der Waals surface area contributed by atoms with Gasteiger partial charge in [-0.3, -0.25) is 4.79 Å². The molecule has 3 heterocycles. The number of aryl methyl sites for hydroxylation is 4. The van der Waals surface area contributed by atoms with E-state index in [1.54, 1.807) is 6.92 Å². The van der Waals surface area contributed by atoms with Crippen molar-refractivity contribution in [3.05, 3.63) is 34.3 Å². The molecule has 1 amide bonds. The lowest BCUT2D eigenvalue weighted by atomic mass is 9.97. The largest absolute Gasteiger partial charge is 0.361 e. The van der Waals surface area contributed by atoms with Crippen molar-refractivity contribution < 1.29 is 9.32 Å². The van der Waals surface area contributed by atoms with Gasteiger partial charge in [-0.25, -0.2) is 0 Å². The molecule has 1 aliphatic carbocycles. The lowest BCUT2D eigenvalue weighted by molar-refractivity contribution is 0.0744. The molecule has 0 radical (unpaired) electrons. The Bertz CT molecular complexity index is 773. The Morgan fingerprint density at radius 1 is 1.08 bits per heavy atom. The van der Waals surface area contributed by atoms with Crippen molar-refractivity contribution in [2.75, 3.05) is 31.1 Å². The van der Waals surface area contributed by atoms with Gasteiger partial charge in [0.2, 0.25) is 0 Å². The van der Waals surface area contributed by atoms with E-state index in [-0.39, 0.29) is 5.91 Å². The molecule has 1 fully saturated rings. The lowest BCUT2D eigenvalue weighted by Crippen LogP contribution is -2.49. The van der Waals surface area contributed by atoms with Crippen LogP contribution in [0.4, 0.5) is 5.82 Å². The number of aromatic nitrogens is 3. The molecule has 0 aromatic carbocycles. The molecule has 2 aromatic rings. The topological polar surface area (TPSA) is 75.4 Å². The molecule has 7 nitrogen and oxygen atoms in total. The number of piperazine rings is 1. The van der Waals surface area contributed by atoms with E-state index < -0.39 is 0 Å². The molecule has 132 valence electrons. The summed E-state index contributed by atoms with van der Waals surface area (Å²) in [5.74, 6) is 1.53. The van der Waals surface area contributed by atoms with Crippen molar-refractivity contribution in [3.63, 3.8) is 0 Å². The summed E-state index contributed by atoms with van der Waals surface area (Å²) in [7, 11) is 0. The van der Waals surface area contributed by atoms with Gasteiger partial charge in [0.1, 0.15) is 11.3 Å². The van der Waals surface area contributed by atoms with Crippen LogP contribution in [0.2, 0.25) is 0 Å². The zero-order valence-electron chi connectivity index (χ0n) is 14.8. The molecule has 2 aliphatic rings. The van der Waals surface area contributed by atoms with Gasteiger partial charge < -0.3 is 14.3 Å². The summed E-state index contributed by atoms with van der Waals surface area (Å²) >= 11 is 0. The maximum Gasteiger partial charge on any atom is 0.259 e. The maximum absolute atomic E-state index is 12.7. The van der Waals surface area contributed by atoms with Gasteiger partial charge in [-0.2, -0.15) is 5.10 Å². The van der Waals surface area contributed by atoms with Crippen LogP contribution in [0.5, 0.6) is 0 Å².